The monoisotopic (exact) mass is 430 g/mol. The summed E-state index contributed by atoms with van der Waals surface area (Å²) >= 11 is 0. The Kier molecular flexibility index (Phi) is 9.34. The summed E-state index contributed by atoms with van der Waals surface area (Å²) in [7, 11) is 0. The van der Waals surface area contributed by atoms with E-state index in [9.17, 15) is 5.11 Å². The zero-order valence-corrected chi connectivity index (χ0v) is 22.0. The van der Waals surface area contributed by atoms with E-state index in [1.807, 2.05) is 13.8 Å². The van der Waals surface area contributed by atoms with E-state index in [2.05, 4.69) is 48.5 Å². The van der Waals surface area contributed by atoms with Gasteiger partial charge in [0, 0.05) is 11.5 Å². The van der Waals surface area contributed by atoms with Gasteiger partial charge in [-0.3, -0.25) is 0 Å². The molecule has 3 unspecified atom stereocenters. The Balaban J connectivity index is 1.78. The lowest BCUT2D eigenvalue weighted by Gasteiger charge is -2.29. The van der Waals surface area contributed by atoms with Crippen molar-refractivity contribution in [3.63, 3.8) is 0 Å². The van der Waals surface area contributed by atoms with Crippen molar-refractivity contribution in [2.75, 3.05) is 0 Å². The second-order valence-electron chi connectivity index (χ2n) is 11.5. The SMILES string of the molecule is Cc1c(C)c2c(c(C)c1O)C(C)[C@@](C)(CCCC(C)CCCC(C)CCCC(C)C)O2. The van der Waals surface area contributed by atoms with Crippen molar-refractivity contribution < 1.29 is 9.84 Å². The average molecular weight is 431 g/mol. The van der Waals surface area contributed by atoms with Gasteiger partial charge in [0.05, 0.1) is 0 Å². The molecule has 1 aliphatic rings. The second-order valence-corrected chi connectivity index (χ2v) is 11.5. The zero-order chi connectivity index (χ0) is 23.3. The molecule has 2 heteroatoms. The quantitative estimate of drug-likeness (QED) is 0.358. The molecule has 2 rings (SSSR count). The molecule has 0 saturated heterocycles. The van der Waals surface area contributed by atoms with Gasteiger partial charge in [-0.15, -0.1) is 0 Å². The van der Waals surface area contributed by atoms with Crippen LogP contribution in [0, 0.1) is 38.5 Å². The van der Waals surface area contributed by atoms with E-state index in [1.54, 1.807) is 0 Å². The number of benzene rings is 1. The summed E-state index contributed by atoms with van der Waals surface area (Å²) in [5, 5.41) is 10.5. The van der Waals surface area contributed by atoms with Crippen molar-refractivity contribution in [3.05, 3.63) is 22.3 Å². The fourth-order valence-electron chi connectivity index (χ4n) is 5.46. The van der Waals surface area contributed by atoms with E-state index in [0.29, 0.717) is 11.7 Å². The predicted octanol–water partition coefficient (Wildman–Crippen LogP) is 9.01. The van der Waals surface area contributed by atoms with Gasteiger partial charge < -0.3 is 9.84 Å². The molecule has 0 aliphatic carbocycles. The number of fused-ring (bicyclic) bond motifs is 1. The van der Waals surface area contributed by atoms with E-state index >= 15 is 0 Å². The summed E-state index contributed by atoms with van der Waals surface area (Å²) in [6.07, 6.45) is 11.9. The van der Waals surface area contributed by atoms with Crippen molar-refractivity contribution in [2.24, 2.45) is 17.8 Å². The van der Waals surface area contributed by atoms with Crippen LogP contribution in [0.5, 0.6) is 11.5 Å². The van der Waals surface area contributed by atoms with Gasteiger partial charge in [-0.2, -0.15) is 0 Å². The largest absolute Gasteiger partial charge is 0.507 e. The van der Waals surface area contributed by atoms with Crippen LogP contribution in [-0.4, -0.2) is 10.7 Å². The summed E-state index contributed by atoms with van der Waals surface area (Å²) in [4.78, 5) is 0. The van der Waals surface area contributed by atoms with E-state index < -0.39 is 0 Å². The molecule has 178 valence electrons. The lowest BCUT2D eigenvalue weighted by Crippen LogP contribution is -2.33. The molecule has 0 aromatic heterocycles. The first kappa shape index (κ1) is 26.1. The van der Waals surface area contributed by atoms with E-state index in [0.717, 1.165) is 46.6 Å². The van der Waals surface area contributed by atoms with Crippen molar-refractivity contribution in [1.29, 1.82) is 0 Å². The number of phenolic OH excluding ortho intramolecular Hbond substituents is 1. The van der Waals surface area contributed by atoms with E-state index in [4.69, 9.17) is 4.74 Å². The lowest BCUT2D eigenvalue weighted by molar-refractivity contribution is 0.0786. The van der Waals surface area contributed by atoms with Gasteiger partial charge in [-0.1, -0.05) is 79.6 Å². The number of hydrogen-bond acceptors (Lipinski definition) is 2. The van der Waals surface area contributed by atoms with Crippen molar-refractivity contribution in [1.82, 2.24) is 0 Å². The van der Waals surface area contributed by atoms with E-state index in [1.165, 1.54) is 56.9 Å². The van der Waals surface area contributed by atoms with Crippen molar-refractivity contribution in [2.45, 2.75) is 132 Å². The number of phenols is 1. The van der Waals surface area contributed by atoms with Gasteiger partial charge in [0.25, 0.3) is 0 Å². The topological polar surface area (TPSA) is 29.5 Å². The van der Waals surface area contributed by atoms with Gasteiger partial charge in [0.1, 0.15) is 17.1 Å². The second kappa shape index (κ2) is 11.1. The summed E-state index contributed by atoms with van der Waals surface area (Å²) < 4.78 is 6.59. The van der Waals surface area contributed by atoms with Crippen LogP contribution >= 0.6 is 0 Å². The Hall–Kier alpha value is -1.18. The normalized spacial score (nSPS) is 22.5. The maximum atomic E-state index is 10.5. The molecule has 0 fully saturated rings. The fourth-order valence-corrected chi connectivity index (χ4v) is 5.46. The fraction of sp³-hybridized carbons (Fsp3) is 0.793. The van der Waals surface area contributed by atoms with Gasteiger partial charge in [0.2, 0.25) is 0 Å². The van der Waals surface area contributed by atoms with Crippen LogP contribution in [0.3, 0.4) is 0 Å². The van der Waals surface area contributed by atoms with Gasteiger partial charge in [-0.05, 0) is 75.0 Å². The number of ether oxygens (including phenoxy) is 1. The van der Waals surface area contributed by atoms with Crippen LogP contribution in [0.15, 0.2) is 0 Å². The predicted molar refractivity (Wildman–Crippen MR) is 134 cm³/mol. The van der Waals surface area contributed by atoms with E-state index in [-0.39, 0.29) is 5.60 Å². The summed E-state index contributed by atoms with van der Waals surface area (Å²) in [5.74, 6) is 4.30. The zero-order valence-electron chi connectivity index (χ0n) is 22.0. The average Bonchev–Trinajstić information content (AvgIpc) is 2.96. The molecule has 0 radical (unpaired) electrons. The molecule has 0 amide bonds. The molecule has 0 spiro atoms. The molecule has 1 aromatic carbocycles. The van der Waals surface area contributed by atoms with Crippen LogP contribution < -0.4 is 4.74 Å². The Morgan fingerprint density at radius 2 is 1.32 bits per heavy atom. The minimum atomic E-state index is -0.164. The number of aromatic hydroxyl groups is 1. The first-order chi connectivity index (χ1) is 14.5. The molecule has 1 aliphatic heterocycles. The first-order valence-electron chi connectivity index (χ1n) is 13.0. The summed E-state index contributed by atoms with van der Waals surface area (Å²) in [6.45, 7) is 20.2. The minimum Gasteiger partial charge on any atom is -0.507 e. The Labute approximate surface area is 193 Å². The highest BCUT2D eigenvalue weighted by molar-refractivity contribution is 5.61. The van der Waals surface area contributed by atoms with Gasteiger partial charge in [-0.25, -0.2) is 0 Å². The molecule has 0 saturated carbocycles. The summed E-state index contributed by atoms with van der Waals surface area (Å²) in [6, 6.07) is 0. The highest BCUT2D eigenvalue weighted by atomic mass is 16.5. The molecule has 1 aromatic rings. The highest BCUT2D eigenvalue weighted by Gasteiger charge is 2.44. The van der Waals surface area contributed by atoms with Crippen LogP contribution in [-0.2, 0) is 0 Å². The van der Waals surface area contributed by atoms with Gasteiger partial charge >= 0.3 is 0 Å². The molecule has 4 atom stereocenters. The van der Waals surface area contributed by atoms with Crippen LogP contribution in [0.4, 0.5) is 0 Å². The molecular weight excluding hydrogens is 380 g/mol. The molecular formula is C29H50O2. The third-order valence-electron chi connectivity index (χ3n) is 8.19. The highest BCUT2D eigenvalue weighted by Crippen LogP contribution is 2.52. The molecule has 2 nitrogen and oxygen atoms in total. The summed E-state index contributed by atoms with van der Waals surface area (Å²) in [5.41, 5.74) is 4.13. The van der Waals surface area contributed by atoms with Crippen molar-refractivity contribution >= 4 is 0 Å². The van der Waals surface area contributed by atoms with Crippen LogP contribution in [0.25, 0.3) is 0 Å². The number of hydrogen-bond donors (Lipinski definition) is 1. The van der Waals surface area contributed by atoms with Crippen LogP contribution in [0.1, 0.15) is 128 Å². The number of rotatable bonds is 12. The molecule has 1 heterocycles. The minimum absolute atomic E-state index is 0.164. The van der Waals surface area contributed by atoms with Gasteiger partial charge in [0.15, 0.2) is 0 Å². The molecule has 31 heavy (non-hydrogen) atoms. The molecule has 0 bridgehead atoms. The van der Waals surface area contributed by atoms with Crippen molar-refractivity contribution in [3.8, 4) is 11.5 Å². The first-order valence-corrected chi connectivity index (χ1v) is 13.0. The maximum Gasteiger partial charge on any atom is 0.127 e. The Morgan fingerprint density at radius 1 is 0.806 bits per heavy atom. The lowest BCUT2D eigenvalue weighted by atomic mass is 9.80. The third kappa shape index (κ3) is 6.42. The third-order valence-corrected chi connectivity index (χ3v) is 8.19. The Bertz CT molecular complexity index is 720. The van der Waals surface area contributed by atoms with Crippen LogP contribution in [0.2, 0.25) is 0 Å². The molecule has 1 N–H and O–H groups in total. The standard InChI is InChI=1S/C29H50O2/c1-19(2)13-10-14-20(3)15-11-16-21(4)17-12-18-29(9)25(8)26-24(7)27(30)22(5)23(6)28(26)31-29/h19-21,25,30H,10-18H2,1-9H3/t20?,21?,25?,29-/m1/s1. The smallest absolute Gasteiger partial charge is 0.127 e. The Morgan fingerprint density at radius 3 is 1.87 bits per heavy atom. The maximum absolute atomic E-state index is 10.5.